The van der Waals surface area contributed by atoms with Crippen molar-refractivity contribution in [1.82, 2.24) is 0 Å². The average molecular weight is 941 g/mol. The number of aliphatic hydroxyl groups is 5. The van der Waals surface area contributed by atoms with Crippen molar-refractivity contribution in [2.75, 3.05) is 13.2 Å². The van der Waals surface area contributed by atoms with Gasteiger partial charge in [0.25, 0.3) is 0 Å². The van der Waals surface area contributed by atoms with E-state index in [2.05, 4.69) is 56.4 Å². The lowest BCUT2D eigenvalue weighted by Gasteiger charge is -2.41. The lowest BCUT2D eigenvalue weighted by atomic mass is 9.85. The third-order valence-electron chi connectivity index (χ3n) is 11.4. The Kier molecular flexibility index (Phi) is 37.8. The first-order valence-electron chi connectivity index (χ1n) is 25.1. The quantitative estimate of drug-likeness (QED) is 0.0146. The molecule has 6 N–H and O–H groups in total. The molecule has 376 valence electrons. The molecule has 0 heterocycles. The van der Waals surface area contributed by atoms with Gasteiger partial charge in [-0.05, 0) is 51.4 Å². The van der Waals surface area contributed by atoms with Gasteiger partial charge in [0.1, 0.15) is 43.2 Å². The van der Waals surface area contributed by atoms with Crippen LogP contribution in [0.25, 0.3) is 0 Å². The van der Waals surface area contributed by atoms with Crippen molar-refractivity contribution in [3.05, 3.63) is 60.8 Å². The standard InChI is InChI=1S/C51H89O13P/c1-3-5-7-9-11-13-15-17-19-21-22-24-25-27-29-31-33-35-37-39-44(52)61-41-43(42-62-65(59,60)64-51-49(57)47(55)46(54)48(56)50(51)58)63-45(53)40-38-36-34-32-30-28-26-23-20-18-16-14-12-10-8-6-4-2/h11,13,17,19,22,24,27,29,33,35,43,46-51,54-58H,3-10,12,14-16,18,20-21,23,25-26,28,30-32,34,36-42H2,1-2H3,(H,59,60)/b13-11+,19-17+,24-22+,29-27+,35-33+/t43-,46?,47-,48?,49?,50?,51?/m0/s1. The number of phosphoric ester groups is 1. The van der Waals surface area contributed by atoms with E-state index in [1.165, 1.54) is 96.3 Å². The zero-order valence-corrected chi connectivity index (χ0v) is 40.9. The number of ether oxygens (including phenoxy) is 2. The van der Waals surface area contributed by atoms with Gasteiger partial charge in [-0.25, -0.2) is 4.57 Å². The first-order chi connectivity index (χ1) is 31.4. The molecule has 0 spiro atoms. The van der Waals surface area contributed by atoms with Crippen LogP contribution in [0.5, 0.6) is 0 Å². The minimum atomic E-state index is -5.14. The van der Waals surface area contributed by atoms with Crippen LogP contribution in [0.1, 0.15) is 194 Å². The van der Waals surface area contributed by atoms with E-state index >= 15 is 0 Å². The summed E-state index contributed by atoms with van der Waals surface area (Å²) in [4.78, 5) is 35.8. The number of rotatable bonds is 41. The highest BCUT2D eigenvalue weighted by atomic mass is 31.2. The molecule has 0 aromatic carbocycles. The van der Waals surface area contributed by atoms with Crippen molar-refractivity contribution in [2.45, 2.75) is 236 Å². The molecule has 0 saturated heterocycles. The van der Waals surface area contributed by atoms with E-state index in [0.717, 1.165) is 51.4 Å². The third-order valence-corrected chi connectivity index (χ3v) is 12.4. The molecule has 13 nitrogen and oxygen atoms in total. The molecule has 1 saturated carbocycles. The lowest BCUT2D eigenvalue weighted by molar-refractivity contribution is -0.220. The van der Waals surface area contributed by atoms with Crippen LogP contribution in [0.3, 0.4) is 0 Å². The van der Waals surface area contributed by atoms with Gasteiger partial charge < -0.3 is 39.9 Å². The van der Waals surface area contributed by atoms with Gasteiger partial charge >= 0.3 is 19.8 Å². The smallest absolute Gasteiger partial charge is 0.462 e. The van der Waals surface area contributed by atoms with Crippen molar-refractivity contribution in [3.63, 3.8) is 0 Å². The largest absolute Gasteiger partial charge is 0.472 e. The first-order valence-corrected chi connectivity index (χ1v) is 26.6. The predicted molar refractivity (Wildman–Crippen MR) is 258 cm³/mol. The van der Waals surface area contributed by atoms with Gasteiger partial charge in [-0.1, -0.05) is 190 Å². The molecule has 1 aliphatic rings. The van der Waals surface area contributed by atoms with E-state index < -0.39 is 75.7 Å². The molecule has 0 bridgehead atoms. The molecule has 1 fully saturated rings. The minimum Gasteiger partial charge on any atom is -0.462 e. The number of hydrogen-bond acceptors (Lipinski definition) is 12. The fraction of sp³-hybridized carbons (Fsp3) is 0.765. The second-order valence-electron chi connectivity index (χ2n) is 17.3. The highest BCUT2D eigenvalue weighted by molar-refractivity contribution is 7.47. The number of phosphoric acid groups is 1. The van der Waals surface area contributed by atoms with E-state index in [4.69, 9.17) is 18.5 Å². The summed E-state index contributed by atoms with van der Waals surface area (Å²) in [6.07, 6.45) is 37.1. The molecule has 6 unspecified atom stereocenters. The predicted octanol–water partition coefficient (Wildman–Crippen LogP) is 10.5. The van der Waals surface area contributed by atoms with Gasteiger partial charge in [0.05, 0.1) is 6.61 Å². The zero-order chi connectivity index (χ0) is 47.8. The number of unbranched alkanes of at least 4 members (excludes halogenated alkanes) is 19. The normalized spacial score (nSPS) is 21.9. The summed E-state index contributed by atoms with van der Waals surface area (Å²) >= 11 is 0. The Morgan fingerprint density at radius 3 is 1.32 bits per heavy atom. The summed E-state index contributed by atoms with van der Waals surface area (Å²) in [5.74, 6) is -1.19. The van der Waals surface area contributed by atoms with Gasteiger partial charge in [-0.2, -0.15) is 0 Å². The molecule has 8 atom stereocenters. The maximum atomic E-state index is 12.8. The summed E-state index contributed by atoms with van der Waals surface area (Å²) < 4.78 is 33.5. The fourth-order valence-corrected chi connectivity index (χ4v) is 8.30. The van der Waals surface area contributed by atoms with E-state index in [9.17, 15) is 44.6 Å². The number of hydrogen-bond donors (Lipinski definition) is 6. The van der Waals surface area contributed by atoms with Crippen LogP contribution in [0.2, 0.25) is 0 Å². The highest BCUT2D eigenvalue weighted by Gasteiger charge is 2.51. The number of carbonyl (C=O) groups is 2. The molecular formula is C51H89O13P. The van der Waals surface area contributed by atoms with Crippen molar-refractivity contribution >= 4 is 19.8 Å². The Hall–Kier alpha value is -2.45. The zero-order valence-electron chi connectivity index (χ0n) is 40.0. The lowest BCUT2D eigenvalue weighted by Crippen LogP contribution is -2.64. The maximum absolute atomic E-state index is 12.8. The van der Waals surface area contributed by atoms with E-state index in [1.807, 2.05) is 18.2 Å². The van der Waals surface area contributed by atoms with Crippen LogP contribution < -0.4 is 0 Å². The number of allylic oxidation sites excluding steroid dienone is 10. The van der Waals surface area contributed by atoms with E-state index in [0.29, 0.717) is 19.3 Å². The van der Waals surface area contributed by atoms with Crippen molar-refractivity contribution < 1.29 is 63.1 Å². The first kappa shape index (κ1) is 60.6. The van der Waals surface area contributed by atoms with Gasteiger partial charge in [-0.3, -0.25) is 18.6 Å². The molecule has 0 aromatic rings. The molecule has 0 aliphatic heterocycles. The highest BCUT2D eigenvalue weighted by Crippen LogP contribution is 2.47. The summed E-state index contributed by atoms with van der Waals surface area (Å²) in [6.45, 7) is 3.23. The molecule has 0 aromatic heterocycles. The number of esters is 2. The second-order valence-corrected chi connectivity index (χ2v) is 18.7. The number of carbonyl (C=O) groups excluding carboxylic acids is 2. The summed E-state index contributed by atoms with van der Waals surface area (Å²) in [6, 6.07) is 0. The Bertz CT molecular complexity index is 1370. The Morgan fingerprint density at radius 1 is 0.477 bits per heavy atom. The minimum absolute atomic E-state index is 0.0431. The Balaban J connectivity index is 2.47. The molecule has 14 heteroatoms. The van der Waals surface area contributed by atoms with Gasteiger partial charge in [-0.15, -0.1) is 0 Å². The topological polar surface area (TPSA) is 210 Å². The molecule has 0 radical (unpaired) electrons. The third kappa shape index (κ3) is 32.8. The van der Waals surface area contributed by atoms with Crippen LogP contribution in [0.4, 0.5) is 0 Å². The summed E-state index contributed by atoms with van der Waals surface area (Å²) in [7, 11) is -5.14. The maximum Gasteiger partial charge on any atom is 0.472 e. The van der Waals surface area contributed by atoms with Crippen molar-refractivity contribution in [1.29, 1.82) is 0 Å². The molecule has 1 aliphatic carbocycles. The molecule has 0 amide bonds. The Labute approximate surface area is 392 Å². The van der Waals surface area contributed by atoms with Gasteiger partial charge in [0.2, 0.25) is 0 Å². The van der Waals surface area contributed by atoms with Crippen LogP contribution in [-0.4, -0.2) is 98.3 Å². The monoisotopic (exact) mass is 941 g/mol. The van der Waals surface area contributed by atoms with Gasteiger partial charge in [0.15, 0.2) is 6.10 Å². The van der Waals surface area contributed by atoms with E-state index in [-0.39, 0.29) is 12.8 Å². The van der Waals surface area contributed by atoms with Crippen LogP contribution in [0, 0.1) is 0 Å². The van der Waals surface area contributed by atoms with Crippen LogP contribution in [0.15, 0.2) is 60.8 Å². The Morgan fingerprint density at radius 2 is 0.862 bits per heavy atom. The van der Waals surface area contributed by atoms with Crippen molar-refractivity contribution in [2.24, 2.45) is 0 Å². The van der Waals surface area contributed by atoms with E-state index in [1.54, 1.807) is 0 Å². The fourth-order valence-electron chi connectivity index (χ4n) is 7.33. The second kappa shape index (κ2) is 40.6. The van der Waals surface area contributed by atoms with Crippen molar-refractivity contribution in [3.8, 4) is 0 Å². The average Bonchev–Trinajstić information content (AvgIpc) is 3.29. The molecular weight excluding hydrogens is 852 g/mol. The molecule has 1 rings (SSSR count). The summed E-state index contributed by atoms with van der Waals surface area (Å²) in [5.41, 5.74) is 0. The van der Waals surface area contributed by atoms with Gasteiger partial charge in [0, 0.05) is 12.8 Å². The van der Waals surface area contributed by atoms with Crippen LogP contribution >= 0.6 is 7.82 Å². The SMILES string of the molecule is CCCCC/C=C/C/C=C/C/C=C/C/C=C/C/C=C/CCC(=O)OC[C@@H](COP(=O)(O)OC1C(O)C(O)C(O)[C@H](O)C1O)OC(=O)CCCCCCCCCCCCCCCCCCC. The summed E-state index contributed by atoms with van der Waals surface area (Å²) in [5, 5.41) is 50.2. The van der Waals surface area contributed by atoms with Crippen LogP contribution in [-0.2, 0) is 32.7 Å². The number of aliphatic hydroxyl groups excluding tert-OH is 5. The molecule has 65 heavy (non-hydrogen) atoms.